The average molecular weight is 243 g/mol. The van der Waals surface area contributed by atoms with E-state index in [9.17, 15) is 0 Å². The van der Waals surface area contributed by atoms with E-state index in [4.69, 9.17) is 16.9 Å². The molecule has 0 radical (unpaired) electrons. The lowest BCUT2D eigenvalue weighted by atomic mass is 10.3. The fourth-order valence-electron chi connectivity index (χ4n) is 0.976. The van der Waals surface area contributed by atoms with E-state index in [1.807, 2.05) is 19.2 Å². The lowest BCUT2D eigenvalue weighted by Crippen LogP contribution is -2.06. The Morgan fingerprint density at radius 1 is 1.53 bits per heavy atom. The third-order valence-corrected chi connectivity index (χ3v) is 2.50. The average Bonchev–Trinajstić information content (AvgIpc) is 2.25. The first-order chi connectivity index (χ1) is 7.22. The molecule has 0 bridgehead atoms. The summed E-state index contributed by atoms with van der Waals surface area (Å²) in [6.45, 7) is 2.80. The van der Waals surface area contributed by atoms with Crippen molar-refractivity contribution >= 4 is 29.2 Å². The van der Waals surface area contributed by atoms with Crippen LogP contribution in [0.1, 0.15) is 18.9 Å². The molecule has 0 spiro atoms. The number of nitriles is 1. The first-order valence-electron chi connectivity index (χ1n) is 4.48. The molecule has 80 valence electrons. The summed E-state index contributed by atoms with van der Waals surface area (Å²) in [6.07, 6.45) is 2.82. The van der Waals surface area contributed by atoms with Gasteiger partial charge < -0.3 is 5.32 Å². The fourth-order valence-corrected chi connectivity index (χ4v) is 1.60. The van der Waals surface area contributed by atoms with E-state index in [-0.39, 0.29) is 5.15 Å². The van der Waals surface area contributed by atoms with Gasteiger partial charge in [-0.05, 0) is 12.7 Å². The first-order valence-corrected chi connectivity index (χ1v) is 6.08. The summed E-state index contributed by atoms with van der Waals surface area (Å²) < 4.78 is 0. The monoisotopic (exact) mass is 242 g/mol. The third-order valence-electron chi connectivity index (χ3n) is 1.68. The van der Waals surface area contributed by atoms with Crippen LogP contribution in [0.4, 0.5) is 5.82 Å². The number of nitrogens with zero attached hydrogens (tertiary/aromatic N) is 3. The minimum atomic E-state index is 0.204. The molecule has 0 saturated heterocycles. The van der Waals surface area contributed by atoms with Gasteiger partial charge in [0, 0.05) is 6.54 Å². The summed E-state index contributed by atoms with van der Waals surface area (Å²) >= 11 is 7.26. The highest BCUT2D eigenvalue weighted by molar-refractivity contribution is 7.98. The lowest BCUT2D eigenvalue weighted by Gasteiger charge is -2.07. The zero-order valence-electron chi connectivity index (χ0n) is 8.54. The van der Waals surface area contributed by atoms with Crippen LogP contribution in [0.15, 0.2) is 5.16 Å². The Bertz CT molecular complexity index is 388. The Balaban J connectivity index is 3.09. The summed E-state index contributed by atoms with van der Waals surface area (Å²) in [6, 6.07) is 2.00. The molecule has 4 nitrogen and oxygen atoms in total. The van der Waals surface area contributed by atoms with Crippen LogP contribution < -0.4 is 5.32 Å². The molecule has 0 aliphatic heterocycles. The number of anilines is 1. The van der Waals surface area contributed by atoms with Crippen LogP contribution in [-0.4, -0.2) is 22.8 Å². The molecule has 1 aromatic rings. The zero-order valence-corrected chi connectivity index (χ0v) is 10.1. The van der Waals surface area contributed by atoms with Gasteiger partial charge in [0.25, 0.3) is 0 Å². The minimum Gasteiger partial charge on any atom is -0.369 e. The molecular formula is C9H11ClN4S. The van der Waals surface area contributed by atoms with Crippen molar-refractivity contribution < 1.29 is 0 Å². The molecule has 0 aromatic carbocycles. The van der Waals surface area contributed by atoms with E-state index in [1.165, 1.54) is 11.8 Å². The topological polar surface area (TPSA) is 61.6 Å². The van der Waals surface area contributed by atoms with Gasteiger partial charge in [-0.1, -0.05) is 30.3 Å². The van der Waals surface area contributed by atoms with E-state index in [0.29, 0.717) is 16.5 Å². The van der Waals surface area contributed by atoms with Crippen LogP contribution in [-0.2, 0) is 0 Å². The number of hydrogen-bond donors (Lipinski definition) is 1. The van der Waals surface area contributed by atoms with Crippen molar-refractivity contribution in [2.45, 2.75) is 18.5 Å². The Kier molecular flexibility index (Phi) is 4.66. The maximum Gasteiger partial charge on any atom is 0.190 e. The van der Waals surface area contributed by atoms with Crippen LogP contribution >= 0.6 is 23.4 Å². The van der Waals surface area contributed by atoms with Gasteiger partial charge in [0.1, 0.15) is 17.5 Å². The lowest BCUT2D eigenvalue weighted by molar-refractivity contribution is 0.922. The van der Waals surface area contributed by atoms with Crippen LogP contribution in [0, 0.1) is 11.3 Å². The number of aromatic nitrogens is 2. The molecule has 0 atom stereocenters. The van der Waals surface area contributed by atoms with Crippen molar-refractivity contribution in [2.24, 2.45) is 0 Å². The smallest absolute Gasteiger partial charge is 0.190 e. The molecule has 0 fully saturated rings. The second kappa shape index (κ2) is 5.79. The molecule has 0 aliphatic carbocycles. The van der Waals surface area contributed by atoms with Gasteiger partial charge in [-0.3, -0.25) is 0 Å². The normalized spacial score (nSPS) is 9.73. The van der Waals surface area contributed by atoms with Crippen molar-refractivity contribution in [2.75, 3.05) is 18.1 Å². The quantitative estimate of drug-likeness (QED) is 0.500. The maximum atomic E-state index is 8.90. The Labute approximate surface area is 98.1 Å². The van der Waals surface area contributed by atoms with E-state index in [1.54, 1.807) is 0 Å². The number of rotatable bonds is 4. The molecule has 0 saturated carbocycles. The number of hydrogen-bond acceptors (Lipinski definition) is 5. The largest absolute Gasteiger partial charge is 0.369 e. The molecule has 15 heavy (non-hydrogen) atoms. The van der Waals surface area contributed by atoms with Crippen molar-refractivity contribution in [1.82, 2.24) is 9.97 Å². The second-order valence-corrected chi connectivity index (χ2v) is 3.89. The van der Waals surface area contributed by atoms with Gasteiger partial charge >= 0.3 is 0 Å². The van der Waals surface area contributed by atoms with E-state index >= 15 is 0 Å². The standard InChI is InChI=1S/C9H11ClN4S/c1-3-4-12-8-6(5-11)7(10)13-9(14-8)15-2/h3-4H2,1-2H3,(H,12,13,14). The van der Waals surface area contributed by atoms with E-state index in [2.05, 4.69) is 15.3 Å². The van der Waals surface area contributed by atoms with E-state index < -0.39 is 0 Å². The van der Waals surface area contributed by atoms with Gasteiger partial charge in [0.05, 0.1) is 0 Å². The minimum absolute atomic E-state index is 0.204. The highest BCUT2D eigenvalue weighted by atomic mass is 35.5. The highest BCUT2D eigenvalue weighted by Gasteiger charge is 2.11. The number of halogens is 1. The van der Waals surface area contributed by atoms with Gasteiger partial charge in [-0.15, -0.1) is 0 Å². The predicted octanol–water partition coefficient (Wildman–Crippen LogP) is 2.55. The Morgan fingerprint density at radius 2 is 2.27 bits per heavy atom. The molecule has 1 heterocycles. The van der Waals surface area contributed by atoms with Crippen molar-refractivity contribution in [3.63, 3.8) is 0 Å². The SMILES string of the molecule is CCCNc1nc(SC)nc(Cl)c1C#N. The van der Waals surface area contributed by atoms with Gasteiger partial charge in [-0.25, -0.2) is 9.97 Å². The van der Waals surface area contributed by atoms with E-state index in [0.717, 1.165) is 13.0 Å². The summed E-state index contributed by atoms with van der Waals surface area (Å²) in [7, 11) is 0. The predicted molar refractivity (Wildman–Crippen MR) is 62.3 cm³/mol. The van der Waals surface area contributed by atoms with Crippen molar-refractivity contribution in [3.8, 4) is 6.07 Å². The summed E-state index contributed by atoms with van der Waals surface area (Å²) in [5.74, 6) is 0.517. The molecule has 1 N–H and O–H groups in total. The molecule has 0 aliphatic rings. The fraction of sp³-hybridized carbons (Fsp3) is 0.444. The third kappa shape index (κ3) is 2.98. The zero-order chi connectivity index (χ0) is 11.3. The van der Waals surface area contributed by atoms with Crippen LogP contribution in [0.25, 0.3) is 0 Å². The van der Waals surface area contributed by atoms with Gasteiger partial charge in [0.2, 0.25) is 0 Å². The van der Waals surface area contributed by atoms with Crippen LogP contribution in [0.2, 0.25) is 5.15 Å². The Morgan fingerprint density at radius 3 is 2.80 bits per heavy atom. The first kappa shape index (κ1) is 12.1. The molecule has 1 rings (SSSR count). The molecular weight excluding hydrogens is 232 g/mol. The highest BCUT2D eigenvalue weighted by Crippen LogP contribution is 2.23. The van der Waals surface area contributed by atoms with Gasteiger partial charge in [0.15, 0.2) is 10.3 Å². The molecule has 6 heteroatoms. The van der Waals surface area contributed by atoms with Crippen molar-refractivity contribution in [3.05, 3.63) is 10.7 Å². The molecule has 1 aromatic heterocycles. The number of nitrogens with one attached hydrogen (secondary N) is 1. The van der Waals surface area contributed by atoms with Gasteiger partial charge in [-0.2, -0.15) is 5.26 Å². The molecule has 0 unspecified atom stereocenters. The second-order valence-electron chi connectivity index (χ2n) is 2.76. The maximum absolute atomic E-state index is 8.90. The van der Waals surface area contributed by atoms with Crippen LogP contribution in [0.3, 0.4) is 0 Å². The summed E-state index contributed by atoms with van der Waals surface area (Å²) in [5.41, 5.74) is 0.308. The van der Waals surface area contributed by atoms with Crippen molar-refractivity contribution in [1.29, 1.82) is 5.26 Å². The molecule has 0 amide bonds. The summed E-state index contributed by atoms with van der Waals surface area (Å²) in [4.78, 5) is 8.18. The Hall–Kier alpha value is -0.990. The number of thioether (sulfide) groups is 1. The summed E-state index contributed by atoms with van der Waals surface area (Å²) in [5, 5.41) is 12.7. The van der Waals surface area contributed by atoms with Crippen LogP contribution in [0.5, 0.6) is 0 Å².